The van der Waals surface area contributed by atoms with Crippen LogP contribution in [0.15, 0.2) is 77.7 Å². The second kappa shape index (κ2) is 12.6. The summed E-state index contributed by atoms with van der Waals surface area (Å²) in [7, 11) is 0. The van der Waals surface area contributed by atoms with Gasteiger partial charge in [-0.2, -0.15) is 0 Å². The maximum Gasteiger partial charge on any atom is 0.338 e. The lowest BCUT2D eigenvalue weighted by atomic mass is 10.2. The van der Waals surface area contributed by atoms with E-state index in [0.29, 0.717) is 23.5 Å². The number of carbonyl (C=O) groups is 3. The van der Waals surface area contributed by atoms with Crippen LogP contribution < -0.4 is 10.6 Å². The van der Waals surface area contributed by atoms with E-state index in [4.69, 9.17) is 4.74 Å². The fraction of sp³-hybridized carbons (Fsp3) is 0.192. The molecule has 0 spiro atoms. The number of thioether (sulfide) groups is 1. The summed E-state index contributed by atoms with van der Waals surface area (Å²) in [5.41, 5.74) is 1.46. The van der Waals surface area contributed by atoms with E-state index >= 15 is 0 Å². The summed E-state index contributed by atoms with van der Waals surface area (Å²) < 4.78 is 19.0. The predicted molar refractivity (Wildman–Crippen MR) is 132 cm³/mol. The number of esters is 1. The molecule has 0 aliphatic carbocycles. The maximum atomic E-state index is 13.8. The summed E-state index contributed by atoms with van der Waals surface area (Å²) in [5.74, 6) is -1.60. The van der Waals surface area contributed by atoms with E-state index in [-0.39, 0.29) is 23.2 Å². The average Bonchev–Trinajstić information content (AvgIpc) is 2.84. The zero-order chi connectivity index (χ0) is 24.3. The Hall–Kier alpha value is -3.65. The van der Waals surface area contributed by atoms with Crippen LogP contribution in [-0.2, 0) is 9.53 Å². The first kappa shape index (κ1) is 25.0. The highest BCUT2D eigenvalue weighted by molar-refractivity contribution is 8.00. The molecule has 0 aliphatic heterocycles. The number of hydrogen-bond acceptors (Lipinski definition) is 5. The molecule has 8 heteroatoms. The minimum Gasteiger partial charge on any atom is -0.462 e. The van der Waals surface area contributed by atoms with Crippen molar-refractivity contribution in [3.8, 4) is 0 Å². The molecule has 3 aromatic rings. The van der Waals surface area contributed by atoms with Crippen molar-refractivity contribution in [2.75, 3.05) is 23.0 Å². The Labute approximate surface area is 201 Å². The van der Waals surface area contributed by atoms with Crippen LogP contribution in [0.2, 0.25) is 0 Å². The molecule has 6 nitrogen and oxygen atoms in total. The number of rotatable bonds is 10. The molecule has 176 valence electrons. The highest BCUT2D eigenvalue weighted by Crippen LogP contribution is 2.23. The van der Waals surface area contributed by atoms with Crippen LogP contribution in [0, 0.1) is 5.82 Å². The number of anilines is 2. The molecule has 0 aromatic heterocycles. The highest BCUT2D eigenvalue weighted by atomic mass is 32.2. The molecule has 0 bridgehead atoms. The largest absolute Gasteiger partial charge is 0.462 e. The minimum absolute atomic E-state index is 0.0415. The number of amides is 2. The minimum atomic E-state index is -0.594. The molecular formula is C26H25FN2O4S. The van der Waals surface area contributed by atoms with Crippen LogP contribution in [0.3, 0.4) is 0 Å². The van der Waals surface area contributed by atoms with Crippen LogP contribution in [0.5, 0.6) is 0 Å². The Morgan fingerprint density at radius 2 is 1.68 bits per heavy atom. The number of nitrogens with one attached hydrogen (secondary N) is 2. The molecule has 0 aliphatic rings. The van der Waals surface area contributed by atoms with Crippen molar-refractivity contribution in [1.29, 1.82) is 0 Å². The Morgan fingerprint density at radius 1 is 0.912 bits per heavy atom. The predicted octanol–water partition coefficient (Wildman–Crippen LogP) is 5.77. The van der Waals surface area contributed by atoms with E-state index in [0.717, 1.165) is 17.7 Å². The summed E-state index contributed by atoms with van der Waals surface area (Å²) in [5, 5.41) is 5.45. The lowest BCUT2D eigenvalue weighted by molar-refractivity contribution is -0.113. The summed E-state index contributed by atoms with van der Waals surface area (Å²) in [6.07, 6.45) is 1.77. The SMILES string of the molecule is CCCCOC(=O)c1ccc(NC(=O)CSc2cccc(NC(=O)c3ccccc3F)c2)cc1. The van der Waals surface area contributed by atoms with E-state index in [9.17, 15) is 18.8 Å². The first-order valence-corrected chi connectivity index (χ1v) is 11.8. The van der Waals surface area contributed by atoms with Gasteiger partial charge in [0.1, 0.15) is 5.82 Å². The van der Waals surface area contributed by atoms with Gasteiger partial charge in [0.05, 0.1) is 23.5 Å². The molecule has 0 heterocycles. The quantitative estimate of drug-likeness (QED) is 0.219. The monoisotopic (exact) mass is 480 g/mol. The van der Waals surface area contributed by atoms with Gasteiger partial charge in [0.2, 0.25) is 5.91 Å². The standard InChI is InChI=1S/C26H25FN2O4S/c1-2-3-15-33-26(32)18-11-13-19(14-12-18)28-24(30)17-34-21-8-6-7-20(16-21)29-25(31)22-9-4-5-10-23(22)27/h4-14,16H,2-3,15,17H2,1H3,(H,28,30)(H,29,31). The normalized spacial score (nSPS) is 10.4. The third kappa shape index (κ3) is 7.45. The maximum absolute atomic E-state index is 13.8. The molecule has 0 radical (unpaired) electrons. The lowest BCUT2D eigenvalue weighted by Crippen LogP contribution is -2.14. The van der Waals surface area contributed by atoms with Crippen molar-refractivity contribution in [2.24, 2.45) is 0 Å². The van der Waals surface area contributed by atoms with Gasteiger partial charge in [-0.05, 0) is 61.0 Å². The number of carbonyl (C=O) groups excluding carboxylic acids is 3. The van der Waals surface area contributed by atoms with Gasteiger partial charge in [-0.1, -0.05) is 31.5 Å². The van der Waals surface area contributed by atoms with Crippen LogP contribution >= 0.6 is 11.8 Å². The van der Waals surface area contributed by atoms with Crippen molar-refractivity contribution >= 4 is 40.9 Å². The second-order valence-electron chi connectivity index (χ2n) is 7.37. The van der Waals surface area contributed by atoms with Gasteiger partial charge >= 0.3 is 5.97 Å². The van der Waals surface area contributed by atoms with Crippen molar-refractivity contribution in [3.05, 3.63) is 89.7 Å². The van der Waals surface area contributed by atoms with Gasteiger partial charge in [0, 0.05) is 16.3 Å². The van der Waals surface area contributed by atoms with Gasteiger partial charge in [-0.3, -0.25) is 9.59 Å². The molecule has 34 heavy (non-hydrogen) atoms. The van der Waals surface area contributed by atoms with Crippen LogP contribution in [0.1, 0.15) is 40.5 Å². The summed E-state index contributed by atoms with van der Waals surface area (Å²) in [6, 6.07) is 19.2. The van der Waals surface area contributed by atoms with Gasteiger partial charge < -0.3 is 15.4 Å². The van der Waals surface area contributed by atoms with Crippen LogP contribution in [0.25, 0.3) is 0 Å². The molecule has 0 saturated carbocycles. The molecule has 3 aromatic carbocycles. The third-order valence-corrected chi connectivity index (χ3v) is 5.71. The van der Waals surface area contributed by atoms with E-state index in [1.807, 2.05) is 13.0 Å². The van der Waals surface area contributed by atoms with Crippen molar-refractivity contribution in [3.63, 3.8) is 0 Å². The van der Waals surface area contributed by atoms with Crippen molar-refractivity contribution in [2.45, 2.75) is 24.7 Å². The highest BCUT2D eigenvalue weighted by Gasteiger charge is 2.12. The van der Waals surface area contributed by atoms with E-state index in [1.54, 1.807) is 48.5 Å². The third-order valence-electron chi connectivity index (χ3n) is 4.72. The smallest absolute Gasteiger partial charge is 0.338 e. The second-order valence-corrected chi connectivity index (χ2v) is 8.41. The van der Waals surface area contributed by atoms with Crippen molar-refractivity contribution < 1.29 is 23.5 Å². The first-order chi connectivity index (χ1) is 16.5. The average molecular weight is 481 g/mol. The van der Waals surface area contributed by atoms with Gasteiger partial charge in [-0.15, -0.1) is 11.8 Å². The molecule has 3 rings (SSSR count). The topological polar surface area (TPSA) is 84.5 Å². The summed E-state index contributed by atoms with van der Waals surface area (Å²) in [6.45, 7) is 2.41. The Bertz CT molecular complexity index is 1150. The Balaban J connectivity index is 1.50. The van der Waals surface area contributed by atoms with E-state index in [2.05, 4.69) is 10.6 Å². The van der Waals surface area contributed by atoms with Gasteiger partial charge in [0.15, 0.2) is 0 Å². The molecule has 2 amide bonds. The van der Waals surface area contributed by atoms with Gasteiger partial charge in [-0.25, -0.2) is 9.18 Å². The molecule has 0 atom stereocenters. The van der Waals surface area contributed by atoms with E-state index < -0.39 is 11.7 Å². The summed E-state index contributed by atoms with van der Waals surface area (Å²) >= 11 is 1.30. The molecule has 2 N–H and O–H groups in total. The van der Waals surface area contributed by atoms with Crippen LogP contribution in [0.4, 0.5) is 15.8 Å². The molecule has 0 unspecified atom stereocenters. The number of ether oxygens (including phenoxy) is 1. The molecule has 0 fully saturated rings. The van der Waals surface area contributed by atoms with Crippen LogP contribution in [-0.4, -0.2) is 30.1 Å². The number of unbranched alkanes of at least 4 members (excludes halogenated alkanes) is 1. The van der Waals surface area contributed by atoms with E-state index in [1.165, 1.54) is 30.0 Å². The fourth-order valence-electron chi connectivity index (χ4n) is 2.94. The molecule has 0 saturated heterocycles. The first-order valence-electron chi connectivity index (χ1n) is 10.8. The zero-order valence-corrected chi connectivity index (χ0v) is 19.5. The Morgan fingerprint density at radius 3 is 2.41 bits per heavy atom. The number of hydrogen-bond donors (Lipinski definition) is 2. The zero-order valence-electron chi connectivity index (χ0n) is 18.7. The Kier molecular flexibility index (Phi) is 9.22. The summed E-state index contributed by atoms with van der Waals surface area (Å²) in [4.78, 5) is 37.3. The molecular weight excluding hydrogens is 455 g/mol. The van der Waals surface area contributed by atoms with Crippen molar-refractivity contribution in [1.82, 2.24) is 0 Å². The number of halogens is 1. The lowest BCUT2D eigenvalue weighted by Gasteiger charge is -2.09. The fourth-order valence-corrected chi connectivity index (χ4v) is 3.69. The van der Waals surface area contributed by atoms with Gasteiger partial charge in [0.25, 0.3) is 5.91 Å². The number of benzene rings is 3.